The van der Waals surface area contributed by atoms with Gasteiger partial charge in [0.1, 0.15) is 11.5 Å². The highest BCUT2D eigenvalue weighted by molar-refractivity contribution is 6.10. The summed E-state index contributed by atoms with van der Waals surface area (Å²) in [7, 11) is 0. The standard InChI is InChI=1S/C35H38N4O6/c1-3-44-28-13-8-24(9-14-28)22-26-6-5-7-30-33(26)36-38(34(30)25-10-15-29(16-11-25)45-4-2)35(40)31-23-27(39(41)42)12-17-32(31)37-18-20-43-21-19-37/h8-17,22-23,30,34H,3-7,18-21H2,1-2H3/b26-22+/t30-,34+/m1/s1. The third-order valence-corrected chi connectivity index (χ3v) is 8.55. The number of rotatable bonds is 9. The number of nitro benzene ring substituents is 1. The molecule has 3 aliphatic rings. The van der Waals surface area contributed by atoms with Crippen molar-refractivity contribution in [3.05, 3.63) is 99.1 Å². The Morgan fingerprint density at radius 3 is 2.31 bits per heavy atom. The smallest absolute Gasteiger partial charge is 0.276 e. The minimum Gasteiger partial charge on any atom is -0.494 e. The van der Waals surface area contributed by atoms with E-state index in [4.69, 9.17) is 19.3 Å². The highest BCUT2D eigenvalue weighted by Crippen LogP contribution is 2.46. The van der Waals surface area contributed by atoms with E-state index in [1.165, 1.54) is 12.1 Å². The summed E-state index contributed by atoms with van der Waals surface area (Å²) in [6.45, 7) is 7.28. The quantitative estimate of drug-likeness (QED) is 0.197. The molecule has 3 aromatic rings. The van der Waals surface area contributed by atoms with E-state index in [2.05, 4.69) is 11.0 Å². The van der Waals surface area contributed by atoms with Crippen molar-refractivity contribution in [2.45, 2.75) is 39.2 Å². The largest absolute Gasteiger partial charge is 0.494 e. The average molecular weight is 611 g/mol. The van der Waals surface area contributed by atoms with E-state index in [9.17, 15) is 14.9 Å². The van der Waals surface area contributed by atoms with Gasteiger partial charge in [0.25, 0.3) is 11.6 Å². The lowest BCUT2D eigenvalue weighted by Crippen LogP contribution is -2.38. The maximum Gasteiger partial charge on any atom is 0.276 e. The number of allylic oxidation sites excluding steroid dienone is 1. The molecule has 0 bridgehead atoms. The number of fused-ring (bicyclic) bond motifs is 1. The van der Waals surface area contributed by atoms with Crippen LogP contribution in [0, 0.1) is 16.0 Å². The van der Waals surface area contributed by atoms with E-state index in [0.717, 1.165) is 53.2 Å². The maximum atomic E-state index is 14.6. The normalized spacial score (nSPS) is 20.5. The van der Waals surface area contributed by atoms with Crippen LogP contribution in [0.1, 0.15) is 60.6 Å². The van der Waals surface area contributed by atoms with Gasteiger partial charge in [-0.1, -0.05) is 24.3 Å². The van der Waals surface area contributed by atoms with E-state index < -0.39 is 4.92 Å². The third-order valence-electron chi connectivity index (χ3n) is 8.55. The van der Waals surface area contributed by atoms with Crippen LogP contribution in [-0.4, -0.2) is 61.1 Å². The molecule has 0 radical (unpaired) electrons. The first-order chi connectivity index (χ1) is 22.0. The summed E-state index contributed by atoms with van der Waals surface area (Å²) in [6, 6.07) is 20.0. The molecule has 2 fully saturated rings. The maximum absolute atomic E-state index is 14.6. The highest BCUT2D eigenvalue weighted by atomic mass is 16.6. The Labute approximate surface area is 263 Å². The van der Waals surface area contributed by atoms with Crippen LogP contribution < -0.4 is 14.4 Å². The molecular formula is C35H38N4O6. The van der Waals surface area contributed by atoms with Crippen molar-refractivity contribution in [1.82, 2.24) is 5.01 Å². The molecule has 0 unspecified atom stereocenters. The highest BCUT2D eigenvalue weighted by Gasteiger charge is 2.44. The van der Waals surface area contributed by atoms with Crippen LogP contribution in [0.5, 0.6) is 11.5 Å². The molecule has 0 spiro atoms. The van der Waals surface area contributed by atoms with Crippen molar-refractivity contribution in [2.24, 2.45) is 11.0 Å². The number of carbonyl (C=O) groups is 1. The molecule has 1 aliphatic carbocycles. The molecule has 1 saturated carbocycles. The van der Waals surface area contributed by atoms with E-state index in [1.54, 1.807) is 11.1 Å². The zero-order valence-corrected chi connectivity index (χ0v) is 25.7. The number of hydrogen-bond acceptors (Lipinski definition) is 8. The van der Waals surface area contributed by atoms with Gasteiger partial charge in [0.15, 0.2) is 0 Å². The Hall–Kier alpha value is -4.70. The molecule has 2 atom stereocenters. The number of hydrogen-bond donors (Lipinski definition) is 0. The van der Waals surface area contributed by atoms with Crippen LogP contribution >= 0.6 is 0 Å². The minimum atomic E-state index is -0.461. The molecule has 3 aromatic carbocycles. The second kappa shape index (κ2) is 13.5. The Balaban J connectivity index is 1.43. The summed E-state index contributed by atoms with van der Waals surface area (Å²) < 4.78 is 16.8. The van der Waals surface area contributed by atoms with Crippen LogP contribution in [0.2, 0.25) is 0 Å². The molecule has 6 rings (SSSR count). The number of morpholine rings is 1. The first-order valence-electron chi connectivity index (χ1n) is 15.7. The second-order valence-electron chi connectivity index (χ2n) is 11.3. The van der Waals surface area contributed by atoms with Gasteiger partial charge < -0.3 is 19.1 Å². The molecule has 1 saturated heterocycles. The molecule has 10 nitrogen and oxygen atoms in total. The summed E-state index contributed by atoms with van der Waals surface area (Å²) >= 11 is 0. The van der Waals surface area contributed by atoms with Gasteiger partial charge in [0.05, 0.1) is 54.4 Å². The molecule has 10 heteroatoms. The van der Waals surface area contributed by atoms with Gasteiger partial charge in [-0.05, 0) is 86.2 Å². The summed E-state index contributed by atoms with van der Waals surface area (Å²) in [5.41, 5.74) is 4.74. The van der Waals surface area contributed by atoms with Crippen molar-refractivity contribution in [1.29, 1.82) is 0 Å². The van der Waals surface area contributed by atoms with Crippen molar-refractivity contribution in [2.75, 3.05) is 44.4 Å². The van der Waals surface area contributed by atoms with Crippen LogP contribution in [-0.2, 0) is 4.74 Å². The van der Waals surface area contributed by atoms with E-state index in [0.29, 0.717) is 45.2 Å². The second-order valence-corrected chi connectivity index (χ2v) is 11.3. The fraction of sp³-hybridized carbons (Fsp3) is 0.371. The zero-order chi connectivity index (χ0) is 31.3. The molecule has 2 aliphatic heterocycles. The van der Waals surface area contributed by atoms with Gasteiger partial charge in [-0.2, -0.15) is 5.10 Å². The van der Waals surface area contributed by atoms with Crippen molar-refractivity contribution < 1.29 is 23.9 Å². The van der Waals surface area contributed by atoms with Crippen molar-refractivity contribution >= 4 is 29.1 Å². The van der Waals surface area contributed by atoms with E-state index >= 15 is 0 Å². The Morgan fingerprint density at radius 2 is 1.67 bits per heavy atom. The monoisotopic (exact) mass is 610 g/mol. The number of benzene rings is 3. The Kier molecular flexibility index (Phi) is 9.11. The summed E-state index contributed by atoms with van der Waals surface area (Å²) in [5.74, 6) is 1.19. The molecule has 234 valence electrons. The van der Waals surface area contributed by atoms with Crippen LogP contribution in [0.15, 0.2) is 77.4 Å². The number of non-ortho nitro benzene ring substituents is 1. The third kappa shape index (κ3) is 6.42. The van der Waals surface area contributed by atoms with E-state index in [1.807, 2.05) is 62.4 Å². The zero-order valence-electron chi connectivity index (χ0n) is 25.7. The Morgan fingerprint density at radius 1 is 1.00 bits per heavy atom. The fourth-order valence-electron chi connectivity index (χ4n) is 6.47. The first kappa shape index (κ1) is 30.3. The van der Waals surface area contributed by atoms with Crippen LogP contribution in [0.4, 0.5) is 11.4 Å². The number of amides is 1. The molecule has 2 heterocycles. The molecule has 45 heavy (non-hydrogen) atoms. The number of carbonyl (C=O) groups excluding carboxylic acids is 1. The Bertz CT molecular complexity index is 1600. The SMILES string of the molecule is CCOc1ccc(/C=C2\CCC[C@@H]3C2=NN(C(=O)c2cc([N+](=O)[O-])ccc2N2CCOCC2)[C@H]3c2ccc(OCC)cc2)cc1. The van der Waals surface area contributed by atoms with Crippen LogP contribution in [0.3, 0.4) is 0 Å². The van der Waals surface area contributed by atoms with Crippen molar-refractivity contribution in [3.63, 3.8) is 0 Å². The number of anilines is 1. The van der Waals surface area contributed by atoms with Gasteiger partial charge in [-0.25, -0.2) is 5.01 Å². The molecule has 0 aromatic heterocycles. The first-order valence-corrected chi connectivity index (χ1v) is 15.7. The summed E-state index contributed by atoms with van der Waals surface area (Å²) in [5, 5.41) is 18.4. The van der Waals surface area contributed by atoms with E-state index in [-0.39, 0.29) is 29.1 Å². The number of ether oxygens (including phenoxy) is 3. The molecular weight excluding hydrogens is 572 g/mol. The molecule has 0 N–H and O–H groups in total. The summed E-state index contributed by atoms with van der Waals surface area (Å²) in [4.78, 5) is 28.0. The van der Waals surface area contributed by atoms with Gasteiger partial charge in [0.2, 0.25) is 0 Å². The van der Waals surface area contributed by atoms with Gasteiger partial charge in [-0.3, -0.25) is 14.9 Å². The predicted octanol–water partition coefficient (Wildman–Crippen LogP) is 6.67. The predicted molar refractivity (Wildman–Crippen MR) is 173 cm³/mol. The summed E-state index contributed by atoms with van der Waals surface area (Å²) in [6.07, 6.45) is 4.82. The lowest BCUT2D eigenvalue weighted by Gasteiger charge is -2.32. The topological polar surface area (TPSA) is 107 Å². The van der Waals surface area contributed by atoms with Crippen LogP contribution in [0.25, 0.3) is 6.08 Å². The number of nitrogens with zero attached hydrogens (tertiary/aromatic N) is 4. The van der Waals surface area contributed by atoms with Gasteiger partial charge in [-0.15, -0.1) is 0 Å². The molecule has 1 amide bonds. The lowest BCUT2D eigenvalue weighted by molar-refractivity contribution is -0.384. The number of hydrazone groups is 1. The number of nitro groups is 1. The minimum absolute atomic E-state index is 0.0277. The van der Waals surface area contributed by atoms with Crippen molar-refractivity contribution in [3.8, 4) is 11.5 Å². The van der Waals surface area contributed by atoms with Gasteiger partial charge >= 0.3 is 0 Å². The fourth-order valence-corrected chi connectivity index (χ4v) is 6.47. The average Bonchev–Trinajstić information content (AvgIpc) is 3.47. The van der Waals surface area contributed by atoms with Gasteiger partial charge in [0, 0.05) is 31.1 Å². The lowest BCUT2D eigenvalue weighted by atomic mass is 9.77.